The number of allylic oxidation sites excluding steroid dienone is 4. The van der Waals surface area contributed by atoms with E-state index >= 15 is 0 Å². The molecule has 3 aliphatic heterocycles. The number of hydrogen-bond acceptors (Lipinski definition) is 18. The zero-order valence-corrected chi connectivity index (χ0v) is 48.4. The van der Waals surface area contributed by atoms with Crippen molar-refractivity contribution in [1.29, 1.82) is 0 Å². The van der Waals surface area contributed by atoms with Gasteiger partial charge in [-0.1, -0.05) is 192 Å². The second kappa shape index (κ2) is 43.8. The maximum Gasteiger partial charge on any atom is 0.220 e. The smallest absolute Gasteiger partial charge is 0.220 e. The van der Waals surface area contributed by atoms with Gasteiger partial charge in [0.1, 0.15) is 73.2 Å². The number of hydrogen-bond donors (Lipinski definition) is 12. The topological polar surface area (TPSA) is 307 Å². The minimum Gasteiger partial charge on any atom is -0.394 e. The number of aliphatic hydroxyl groups is 11. The van der Waals surface area contributed by atoms with E-state index in [0.29, 0.717) is 12.8 Å². The van der Waals surface area contributed by atoms with E-state index in [9.17, 15) is 61.0 Å². The molecule has 19 heteroatoms. The van der Waals surface area contributed by atoms with Crippen LogP contribution in [-0.2, 0) is 33.2 Å². The summed E-state index contributed by atoms with van der Waals surface area (Å²) in [5.41, 5.74) is 0. The largest absolute Gasteiger partial charge is 0.394 e. The molecule has 3 rings (SSSR count). The van der Waals surface area contributed by atoms with Crippen LogP contribution < -0.4 is 5.32 Å². The monoisotopic (exact) mass is 1130 g/mol. The first-order valence-electron chi connectivity index (χ1n) is 31.1. The summed E-state index contributed by atoms with van der Waals surface area (Å²) in [5.74, 6) is -0.249. The van der Waals surface area contributed by atoms with Crippen LogP contribution in [0.5, 0.6) is 0 Å². The highest BCUT2D eigenvalue weighted by Gasteiger charge is 2.53. The molecular weight excluding hydrogens is 1020 g/mol. The van der Waals surface area contributed by atoms with Crippen molar-refractivity contribution in [3.8, 4) is 0 Å². The molecule has 0 aromatic carbocycles. The number of rotatable bonds is 46. The summed E-state index contributed by atoms with van der Waals surface area (Å²) in [6, 6.07) is -0.880. The standard InChI is InChI=1S/C60H111NO18/c1-3-5-7-9-10-11-12-13-14-15-16-17-18-19-20-21-22-23-24-25-26-27-28-29-30-31-32-34-36-38-48(66)61-43(44(65)37-35-33-8-6-4-2)42-74-58-54(72)51(69)56(46(40-63)76-58)79-60-55(73)52(70)57(47(41-64)77-60)78-59-53(71)50(68)49(67)45(39-62)75-59/h12-13,15-16,43-47,49-60,62-65,67-73H,3-11,14,17-42H2,1-2H3,(H,61,66)/b13-12-,16-15-. The maximum absolute atomic E-state index is 13.2. The first-order chi connectivity index (χ1) is 38.3. The van der Waals surface area contributed by atoms with Crippen molar-refractivity contribution in [2.75, 3.05) is 26.4 Å². The maximum atomic E-state index is 13.2. The Labute approximate surface area is 473 Å². The highest BCUT2D eigenvalue weighted by Crippen LogP contribution is 2.33. The molecule has 0 aliphatic carbocycles. The fraction of sp³-hybridized carbons (Fsp3) is 0.917. The number of nitrogens with one attached hydrogen (secondary N) is 1. The van der Waals surface area contributed by atoms with Gasteiger partial charge in [-0.05, 0) is 44.9 Å². The molecule has 0 aromatic heterocycles. The normalized spacial score (nSPS) is 30.4. The van der Waals surface area contributed by atoms with E-state index in [4.69, 9.17) is 28.4 Å². The SMILES string of the molecule is CCCCCCC/C=C\C/C=C\CCCCCCCCCCCCCCCCCCCC(=O)NC(COC1OC(CO)C(OC2OC(CO)C(OC3OC(CO)C(O)C(O)C3O)C(O)C2O)C(O)C1O)C(O)CCCCCCC. The number of carbonyl (C=O) groups excluding carboxylic acids is 1. The molecule has 1 amide bonds. The molecular formula is C60H111NO18. The summed E-state index contributed by atoms with van der Waals surface area (Å²) in [6.45, 7) is 1.67. The number of carbonyl (C=O) groups is 1. The third-order valence-corrected chi connectivity index (χ3v) is 15.8. The molecule has 17 unspecified atom stereocenters. The highest BCUT2D eigenvalue weighted by molar-refractivity contribution is 5.76. The van der Waals surface area contributed by atoms with Crippen molar-refractivity contribution in [2.45, 2.75) is 324 Å². The quantitative estimate of drug-likeness (QED) is 0.0248. The van der Waals surface area contributed by atoms with Crippen LogP contribution in [-0.4, -0.2) is 193 Å². The van der Waals surface area contributed by atoms with Gasteiger partial charge in [0.15, 0.2) is 18.9 Å². The lowest BCUT2D eigenvalue weighted by atomic mass is 9.96. The Bertz CT molecular complexity index is 1540. The molecule has 17 atom stereocenters. The summed E-state index contributed by atoms with van der Waals surface area (Å²) in [7, 11) is 0. The van der Waals surface area contributed by atoms with Crippen molar-refractivity contribution < 1.29 is 89.4 Å². The van der Waals surface area contributed by atoms with Crippen molar-refractivity contribution in [2.24, 2.45) is 0 Å². The van der Waals surface area contributed by atoms with Gasteiger partial charge in [0.2, 0.25) is 5.91 Å². The van der Waals surface area contributed by atoms with Crippen molar-refractivity contribution in [3.63, 3.8) is 0 Å². The van der Waals surface area contributed by atoms with Gasteiger partial charge in [0.25, 0.3) is 0 Å². The van der Waals surface area contributed by atoms with E-state index in [-0.39, 0.29) is 18.9 Å². The van der Waals surface area contributed by atoms with Crippen LogP contribution >= 0.6 is 0 Å². The Balaban J connectivity index is 1.32. The molecule has 12 N–H and O–H groups in total. The summed E-state index contributed by atoms with van der Waals surface area (Å²) >= 11 is 0. The fourth-order valence-corrected chi connectivity index (χ4v) is 10.6. The van der Waals surface area contributed by atoms with Crippen LogP contribution in [0.2, 0.25) is 0 Å². The van der Waals surface area contributed by atoms with Crippen LogP contribution in [0.3, 0.4) is 0 Å². The molecule has 3 saturated heterocycles. The average Bonchev–Trinajstić information content (AvgIpc) is 3.48. The van der Waals surface area contributed by atoms with Crippen molar-refractivity contribution in [1.82, 2.24) is 5.32 Å². The zero-order chi connectivity index (χ0) is 57.6. The van der Waals surface area contributed by atoms with Crippen LogP contribution in [0.4, 0.5) is 0 Å². The molecule has 0 aromatic rings. The van der Waals surface area contributed by atoms with Crippen LogP contribution in [0.15, 0.2) is 24.3 Å². The van der Waals surface area contributed by atoms with E-state index in [1.165, 1.54) is 128 Å². The lowest BCUT2D eigenvalue weighted by Gasteiger charge is -2.48. The molecule has 0 saturated carbocycles. The number of aliphatic hydroxyl groups excluding tert-OH is 11. The Morgan fingerprint density at radius 2 is 0.835 bits per heavy atom. The van der Waals surface area contributed by atoms with E-state index in [1.54, 1.807) is 0 Å². The van der Waals surface area contributed by atoms with Gasteiger partial charge in [0, 0.05) is 6.42 Å². The van der Waals surface area contributed by atoms with Crippen molar-refractivity contribution >= 4 is 5.91 Å². The summed E-state index contributed by atoms with van der Waals surface area (Å²) < 4.78 is 34.1. The molecule has 3 fully saturated rings. The second-order valence-corrected chi connectivity index (χ2v) is 22.5. The lowest BCUT2D eigenvalue weighted by molar-refractivity contribution is -0.379. The summed E-state index contributed by atoms with van der Waals surface area (Å²) in [4.78, 5) is 13.2. The summed E-state index contributed by atoms with van der Waals surface area (Å²) in [6.07, 6.45) is 19.3. The predicted molar refractivity (Wildman–Crippen MR) is 300 cm³/mol. The first-order valence-corrected chi connectivity index (χ1v) is 31.1. The molecule has 3 heterocycles. The molecule has 0 spiro atoms. The minimum absolute atomic E-state index is 0.249. The predicted octanol–water partition coefficient (Wildman–Crippen LogP) is 5.93. The van der Waals surface area contributed by atoms with Crippen LogP contribution in [0.25, 0.3) is 0 Å². The molecule has 3 aliphatic rings. The van der Waals surface area contributed by atoms with E-state index < -0.39 is 124 Å². The van der Waals surface area contributed by atoms with E-state index in [0.717, 1.165) is 57.8 Å². The fourth-order valence-electron chi connectivity index (χ4n) is 10.6. The Hall–Kier alpha value is -1.73. The van der Waals surface area contributed by atoms with Gasteiger partial charge in [-0.3, -0.25) is 4.79 Å². The Morgan fingerprint density at radius 3 is 1.29 bits per heavy atom. The van der Waals surface area contributed by atoms with Gasteiger partial charge in [-0.15, -0.1) is 0 Å². The third-order valence-electron chi connectivity index (χ3n) is 15.8. The van der Waals surface area contributed by atoms with E-state index in [2.05, 4.69) is 43.5 Å². The van der Waals surface area contributed by atoms with Crippen molar-refractivity contribution in [3.05, 3.63) is 24.3 Å². The average molecular weight is 1130 g/mol. The van der Waals surface area contributed by atoms with E-state index in [1.807, 2.05) is 0 Å². The molecule has 0 radical (unpaired) electrons. The van der Waals surface area contributed by atoms with Gasteiger partial charge < -0.3 is 89.9 Å². The number of unbranched alkanes of at least 4 members (excludes halogenated alkanes) is 26. The third kappa shape index (κ3) is 27.7. The van der Waals surface area contributed by atoms with Gasteiger partial charge in [-0.25, -0.2) is 0 Å². The van der Waals surface area contributed by atoms with Gasteiger partial charge >= 0.3 is 0 Å². The van der Waals surface area contributed by atoms with Gasteiger partial charge in [-0.2, -0.15) is 0 Å². The molecule has 79 heavy (non-hydrogen) atoms. The second-order valence-electron chi connectivity index (χ2n) is 22.5. The number of ether oxygens (including phenoxy) is 6. The lowest BCUT2D eigenvalue weighted by Crippen LogP contribution is -2.66. The molecule has 19 nitrogen and oxygen atoms in total. The first kappa shape index (κ1) is 71.5. The minimum atomic E-state index is -1.97. The summed E-state index contributed by atoms with van der Waals surface area (Å²) in [5, 5.41) is 120. The molecule has 464 valence electrons. The molecule has 0 bridgehead atoms. The number of amides is 1. The van der Waals surface area contributed by atoms with Crippen LogP contribution in [0, 0.1) is 0 Å². The Morgan fingerprint density at radius 1 is 0.456 bits per heavy atom. The zero-order valence-electron chi connectivity index (χ0n) is 48.4. The highest BCUT2D eigenvalue weighted by atomic mass is 16.8. The van der Waals surface area contributed by atoms with Gasteiger partial charge in [0.05, 0.1) is 38.6 Å². The Kier molecular flexibility index (Phi) is 39.7. The van der Waals surface area contributed by atoms with Crippen LogP contribution in [0.1, 0.15) is 219 Å².